The summed E-state index contributed by atoms with van der Waals surface area (Å²) in [4.78, 5) is 22.1. The minimum Gasteiger partial charge on any atom is -0.506 e. The van der Waals surface area contributed by atoms with Gasteiger partial charge in [-0.15, -0.1) is 0 Å². The first-order valence-electron chi connectivity index (χ1n) is 4.80. The smallest absolute Gasteiger partial charge is 0.256 e. The van der Waals surface area contributed by atoms with E-state index in [2.05, 4.69) is 0 Å². The maximum atomic E-state index is 11.0. The minimum absolute atomic E-state index is 0.0754. The molecule has 2 rings (SSSR count). The van der Waals surface area contributed by atoms with Gasteiger partial charge in [-0.2, -0.15) is 0 Å². The zero-order valence-electron chi connectivity index (χ0n) is 8.78. The Morgan fingerprint density at radius 1 is 0.778 bits per heavy atom. The third-order valence-electron chi connectivity index (χ3n) is 2.57. The van der Waals surface area contributed by atoms with Crippen molar-refractivity contribution < 1.29 is 19.8 Å². The van der Waals surface area contributed by atoms with E-state index >= 15 is 0 Å². The quantitative estimate of drug-likeness (QED) is 0.832. The van der Waals surface area contributed by atoms with Crippen molar-refractivity contribution in [3.05, 3.63) is 35.4 Å². The molecule has 6 heteroatoms. The number of fused-ring (bicyclic) bond motifs is 1. The van der Waals surface area contributed by atoms with E-state index in [1.165, 1.54) is 24.3 Å². The molecule has 0 aliphatic rings. The first-order valence-corrected chi connectivity index (χ1v) is 5.56. The molecule has 0 aliphatic carbocycles. The van der Waals surface area contributed by atoms with Gasteiger partial charge in [0.2, 0.25) is 0 Å². The van der Waals surface area contributed by atoms with Crippen LogP contribution in [0.1, 0.15) is 20.7 Å². The van der Waals surface area contributed by atoms with Gasteiger partial charge in [0.05, 0.1) is 11.1 Å². The second-order valence-electron chi connectivity index (χ2n) is 3.57. The van der Waals surface area contributed by atoms with Crippen LogP contribution in [0.4, 0.5) is 0 Å². The number of carbonyl (C=O) groups excluding carboxylic acids is 2. The monoisotopic (exact) mass is 284 g/mol. The maximum Gasteiger partial charge on any atom is 0.256 e. The van der Waals surface area contributed by atoms with Crippen molar-refractivity contribution in [3.8, 4) is 11.5 Å². The molecule has 92 valence electrons. The summed E-state index contributed by atoms with van der Waals surface area (Å²) in [5.41, 5.74) is -0.151. The van der Waals surface area contributed by atoms with Crippen molar-refractivity contribution in [1.29, 1.82) is 0 Å². The average molecular weight is 285 g/mol. The normalized spacial score (nSPS) is 10.6. The number of carbonyl (C=O) groups is 2. The van der Waals surface area contributed by atoms with Gasteiger partial charge in [-0.05, 0) is 47.5 Å². The van der Waals surface area contributed by atoms with Gasteiger partial charge in [-0.3, -0.25) is 9.59 Å². The van der Waals surface area contributed by atoms with Crippen LogP contribution >= 0.6 is 23.2 Å². The van der Waals surface area contributed by atoms with E-state index in [0.29, 0.717) is 0 Å². The van der Waals surface area contributed by atoms with E-state index in [0.717, 1.165) is 0 Å². The number of benzene rings is 2. The SMILES string of the molecule is O=C(Cl)c1ccc2c(O)c(C(=O)Cl)ccc2c1O. The Morgan fingerprint density at radius 2 is 1.11 bits per heavy atom. The van der Waals surface area contributed by atoms with Gasteiger partial charge >= 0.3 is 0 Å². The van der Waals surface area contributed by atoms with Crippen LogP contribution in [-0.4, -0.2) is 20.7 Å². The van der Waals surface area contributed by atoms with Gasteiger partial charge in [0, 0.05) is 10.8 Å². The molecule has 0 amide bonds. The van der Waals surface area contributed by atoms with Crippen molar-refractivity contribution >= 4 is 44.5 Å². The fourth-order valence-corrected chi connectivity index (χ4v) is 2.00. The van der Waals surface area contributed by atoms with Crippen molar-refractivity contribution in [1.82, 2.24) is 0 Å². The Morgan fingerprint density at radius 3 is 1.39 bits per heavy atom. The van der Waals surface area contributed by atoms with Crippen LogP contribution in [-0.2, 0) is 0 Å². The molecule has 4 nitrogen and oxygen atoms in total. The zero-order valence-corrected chi connectivity index (χ0v) is 10.3. The van der Waals surface area contributed by atoms with Crippen molar-refractivity contribution in [3.63, 3.8) is 0 Å². The Bertz CT molecular complexity index is 620. The first-order chi connectivity index (χ1) is 8.43. The van der Waals surface area contributed by atoms with Crippen LogP contribution in [0.3, 0.4) is 0 Å². The third-order valence-corrected chi connectivity index (χ3v) is 2.97. The summed E-state index contributed by atoms with van der Waals surface area (Å²) in [5, 5.41) is 18.5. The average Bonchev–Trinajstić information content (AvgIpc) is 2.29. The van der Waals surface area contributed by atoms with Crippen molar-refractivity contribution in [2.24, 2.45) is 0 Å². The highest BCUT2D eigenvalue weighted by molar-refractivity contribution is 6.68. The topological polar surface area (TPSA) is 74.6 Å². The largest absolute Gasteiger partial charge is 0.506 e. The molecule has 0 atom stereocenters. The zero-order chi connectivity index (χ0) is 13.4. The maximum absolute atomic E-state index is 11.0. The number of halogens is 2. The summed E-state index contributed by atoms with van der Waals surface area (Å²) >= 11 is 10.6. The first kappa shape index (κ1) is 12.7. The number of phenols is 2. The number of rotatable bonds is 2. The number of hydrogen-bond donors (Lipinski definition) is 2. The fourth-order valence-electron chi connectivity index (χ4n) is 1.69. The molecule has 0 bridgehead atoms. The van der Waals surface area contributed by atoms with Crippen LogP contribution < -0.4 is 0 Å². The summed E-state index contributed by atoms with van der Waals surface area (Å²) < 4.78 is 0. The highest BCUT2D eigenvalue weighted by atomic mass is 35.5. The number of hydrogen-bond acceptors (Lipinski definition) is 4. The molecule has 2 aromatic rings. The highest BCUT2D eigenvalue weighted by Gasteiger charge is 2.17. The molecular weight excluding hydrogens is 279 g/mol. The summed E-state index contributed by atoms with van der Waals surface area (Å²) in [6, 6.07) is 5.27. The van der Waals surface area contributed by atoms with Gasteiger partial charge in [0.1, 0.15) is 11.5 Å². The van der Waals surface area contributed by atoms with Crippen LogP contribution in [0.25, 0.3) is 10.8 Å². The lowest BCUT2D eigenvalue weighted by Gasteiger charge is -2.08. The lowest BCUT2D eigenvalue weighted by atomic mass is 10.0. The Labute approximate surface area is 111 Å². The Hall–Kier alpha value is -1.78. The second-order valence-corrected chi connectivity index (χ2v) is 4.25. The number of phenolic OH excluding ortho intramolecular Hbond substituents is 2. The van der Waals surface area contributed by atoms with E-state index in [1.807, 2.05) is 0 Å². The van der Waals surface area contributed by atoms with E-state index in [1.54, 1.807) is 0 Å². The van der Waals surface area contributed by atoms with Crippen molar-refractivity contribution in [2.75, 3.05) is 0 Å². The second kappa shape index (κ2) is 4.48. The lowest BCUT2D eigenvalue weighted by Crippen LogP contribution is -1.93. The predicted molar refractivity (Wildman–Crippen MR) is 67.6 cm³/mol. The molecule has 0 radical (unpaired) electrons. The summed E-state index contributed by atoms with van der Waals surface area (Å²) in [6.07, 6.45) is 0. The predicted octanol–water partition coefficient (Wildman–Crippen LogP) is 3.01. The van der Waals surface area contributed by atoms with E-state index in [-0.39, 0.29) is 33.4 Å². The molecule has 18 heavy (non-hydrogen) atoms. The van der Waals surface area contributed by atoms with E-state index in [9.17, 15) is 19.8 Å². The van der Waals surface area contributed by atoms with Gasteiger partial charge in [0.25, 0.3) is 10.5 Å². The molecule has 0 saturated carbocycles. The summed E-state index contributed by atoms with van der Waals surface area (Å²) in [7, 11) is 0. The van der Waals surface area contributed by atoms with Crippen LogP contribution in [0, 0.1) is 0 Å². The van der Waals surface area contributed by atoms with Gasteiger partial charge in [-0.1, -0.05) is 0 Å². The fraction of sp³-hybridized carbons (Fsp3) is 0. The molecule has 0 spiro atoms. The molecular formula is C12H6Cl2O4. The Balaban J connectivity index is 2.83. The molecule has 0 fully saturated rings. The summed E-state index contributed by atoms with van der Waals surface area (Å²) in [6.45, 7) is 0. The highest BCUT2D eigenvalue weighted by Crippen LogP contribution is 2.36. The minimum atomic E-state index is -0.814. The van der Waals surface area contributed by atoms with Crippen LogP contribution in [0.5, 0.6) is 11.5 Å². The molecule has 2 aromatic carbocycles. The van der Waals surface area contributed by atoms with Gasteiger partial charge < -0.3 is 10.2 Å². The van der Waals surface area contributed by atoms with Gasteiger partial charge in [0.15, 0.2) is 0 Å². The van der Waals surface area contributed by atoms with Crippen molar-refractivity contribution in [2.45, 2.75) is 0 Å². The Kier molecular flexibility index (Phi) is 3.15. The molecule has 0 unspecified atom stereocenters. The standard InChI is InChI=1S/C12H6Cl2O4/c13-11(17)7-3-1-5-6(10(7)16)2-4-8(9(5)15)12(14)18/h1-4,15-16H. The van der Waals surface area contributed by atoms with Gasteiger partial charge in [-0.25, -0.2) is 0 Å². The van der Waals surface area contributed by atoms with E-state index < -0.39 is 10.5 Å². The molecule has 2 N–H and O–H groups in total. The molecule has 0 heterocycles. The van der Waals surface area contributed by atoms with E-state index in [4.69, 9.17) is 23.2 Å². The molecule has 0 aromatic heterocycles. The summed E-state index contributed by atoms with van der Waals surface area (Å²) in [5.74, 6) is -0.701. The van der Waals surface area contributed by atoms with Crippen LogP contribution in [0.2, 0.25) is 0 Å². The lowest BCUT2D eigenvalue weighted by molar-refractivity contribution is 0.107. The van der Waals surface area contributed by atoms with Crippen LogP contribution in [0.15, 0.2) is 24.3 Å². The molecule has 0 saturated heterocycles. The molecule has 0 aliphatic heterocycles. The number of aromatic hydroxyl groups is 2. The third kappa shape index (κ3) is 1.89.